The van der Waals surface area contributed by atoms with Gasteiger partial charge in [0.05, 0.1) is 5.60 Å². The van der Waals surface area contributed by atoms with Gasteiger partial charge in [0.25, 0.3) is 0 Å². The Morgan fingerprint density at radius 2 is 2.00 bits per heavy atom. The zero-order valence-electron chi connectivity index (χ0n) is 11.8. The maximum atomic E-state index is 11.6. The molecule has 0 atom stereocenters. The smallest absolute Gasteiger partial charge is 0.407 e. The fourth-order valence-electron chi connectivity index (χ4n) is 2.19. The topological polar surface area (TPSA) is 58.6 Å². The molecule has 4 nitrogen and oxygen atoms in total. The molecule has 0 radical (unpaired) electrons. The minimum Gasteiger partial charge on any atom is -0.444 e. The van der Waals surface area contributed by atoms with Crippen LogP contribution >= 0.6 is 11.8 Å². The molecule has 2 N–H and O–H groups in total. The van der Waals surface area contributed by atoms with Crippen LogP contribution in [0.25, 0.3) is 0 Å². The van der Waals surface area contributed by atoms with Crippen LogP contribution in [0.2, 0.25) is 0 Å². The second-order valence-corrected chi connectivity index (χ2v) is 6.94. The minimum atomic E-state index is -0.550. The Morgan fingerprint density at radius 3 is 2.44 bits per heavy atom. The molecule has 1 aliphatic carbocycles. The van der Waals surface area contributed by atoms with E-state index in [-0.39, 0.29) is 12.1 Å². The Labute approximate surface area is 114 Å². The van der Waals surface area contributed by atoms with Crippen LogP contribution in [0.3, 0.4) is 0 Å². The Hall–Kier alpha value is -0.420. The van der Waals surface area contributed by atoms with E-state index in [4.69, 9.17) is 4.74 Å². The Kier molecular flexibility index (Phi) is 5.34. The fourth-order valence-corrected chi connectivity index (χ4v) is 3.01. The molecule has 5 heteroatoms. The number of rotatable bonds is 3. The number of thioether (sulfide) groups is 1. The number of amides is 1. The van der Waals surface area contributed by atoms with Gasteiger partial charge in [0.1, 0.15) is 5.60 Å². The van der Waals surface area contributed by atoms with Gasteiger partial charge in [0.2, 0.25) is 0 Å². The van der Waals surface area contributed by atoms with E-state index in [0.29, 0.717) is 0 Å². The summed E-state index contributed by atoms with van der Waals surface area (Å²) in [6.45, 7) is 5.56. The van der Waals surface area contributed by atoms with Crippen LogP contribution in [0.5, 0.6) is 0 Å². The predicted molar refractivity (Wildman–Crippen MR) is 75.0 cm³/mol. The first-order chi connectivity index (χ1) is 8.24. The third kappa shape index (κ3) is 5.48. The van der Waals surface area contributed by atoms with Gasteiger partial charge in [-0.05, 0) is 52.7 Å². The monoisotopic (exact) mass is 275 g/mol. The lowest BCUT2D eigenvalue weighted by atomic mass is 9.83. The number of carbonyl (C=O) groups is 1. The molecule has 18 heavy (non-hydrogen) atoms. The molecule has 0 saturated heterocycles. The largest absolute Gasteiger partial charge is 0.444 e. The van der Waals surface area contributed by atoms with Gasteiger partial charge in [-0.25, -0.2) is 4.79 Å². The molecule has 106 valence electrons. The Morgan fingerprint density at radius 1 is 1.44 bits per heavy atom. The molecule has 1 aliphatic rings. The van der Waals surface area contributed by atoms with Gasteiger partial charge < -0.3 is 15.2 Å². The quantitative estimate of drug-likeness (QED) is 0.831. The zero-order chi connectivity index (χ0) is 13.8. The molecule has 0 spiro atoms. The molecular weight excluding hydrogens is 250 g/mol. The van der Waals surface area contributed by atoms with E-state index in [2.05, 4.69) is 5.32 Å². The zero-order valence-corrected chi connectivity index (χ0v) is 12.6. The molecule has 0 aromatic rings. The maximum Gasteiger partial charge on any atom is 0.407 e. The van der Waals surface area contributed by atoms with E-state index in [1.807, 2.05) is 27.0 Å². The number of nitrogens with one attached hydrogen (secondary N) is 1. The van der Waals surface area contributed by atoms with E-state index >= 15 is 0 Å². The highest BCUT2D eigenvalue weighted by Gasteiger charge is 2.33. The van der Waals surface area contributed by atoms with E-state index in [0.717, 1.165) is 31.4 Å². The average Bonchev–Trinajstić information content (AvgIpc) is 2.19. The van der Waals surface area contributed by atoms with Crippen molar-refractivity contribution in [3.8, 4) is 0 Å². The molecule has 1 fully saturated rings. The van der Waals surface area contributed by atoms with E-state index in [1.54, 1.807) is 11.8 Å². The highest BCUT2D eigenvalue weighted by Crippen LogP contribution is 2.30. The van der Waals surface area contributed by atoms with Crippen molar-refractivity contribution in [3.05, 3.63) is 0 Å². The third-order valence-electron chi connectivity index (χ3n) is 3.05. The molecule has 0 aromatic carbocycles. The van der Waals surface area contributed by atoms with Gasteiger partial charge in [-0.1, -0.05) is 0 Å². The van der Waals surface area contributed by atoms with Crippen LogP contribution in [0.1, 0.15) is 46.5 Å². The van der Waals surface area contributed by atoms with Crippen molar-refractivity contribution in [2.24, 2.45) is 0 Å². The number of aliphatic hydroxyl groups is 1. The average molecular weight is 275 g/mol. The second-order valence-electron chi connectivity index (χ2n) is 6.08. The molecule has 1 saturated carbocycles. The predicted octanol–water partition coefficient (Wildman–Crippen LogP) is 2.55. The third-order valence-corrected chi connectivity index (χ3v) is 3.88. The number of carbonyl (C=O) groups excluding carboxylic acids is 1. The van der Waals surface area contributed by atoms with Crippen molar-refractivity contribution >= 4 is 17.9 Å². The standard InChI is InChI=1S/C13H25NO3S/c1-12(2,3)17-11(15)14-10-5-7-13(16,8-6-10)9-18-4/h10,16H,5-9H2,1-4H3,(H,14,15)/t10-,13+. The number of ether oxygens (including phenoxy) is 1. The van der Waals surface area contributed by atoms with Crippen LogP contribution in [0, 0.1) is 0 Å². The molecule has 0 bridgehead atoms. The summed E-state index contributed by atoms with van der Waals surface area (Å²) in [5.74, 6) is 0.770. The van der Waals surface area contributed by atoms with E-state index in [1.165, 1.54) is 0 Å². The number of hydrogen-bond acceptors (Lipinski definition) is 4. The minimum absolute atomic E-state index is 0.127. The summed E-state index contributed by atoms with van der Waals surface area (Å²) in [5, 5.41) is 13.1. The summed E-state index contributed by atoms with van der Waals surface area (Å²) in [7, 11) is 0. The lowest BCUT2D eigenvalue weighted by Gasteiger charge is -2.36. The van der Waals surface area contributed by atoms with Crippen molar-refractivity contribution in [2.75, 3.05) is 12.0 Å². The van der Waals surface area contributed by atoms with Crippen LogP contribution < -0.4 is 5.32 Å². The van der Waals surface area contributed by atoms with Crippen LogP contribution in [-0.4, -0.2) is 40.5 Å². The number of alkyl carbamates (subject to hydrolysis) is 1. The van der Waals surface area contributed by atoms with Crippen molar-refractivity contribution in [2.45, 2.75) is 63.7 Å². The number of hydrogen-bond donors (Lipinski definition) is 2. The SMILES string of the molecule is CSC[C@]1(O)CC[C@@H](NC(=O)OC(C)(C)C)CC1. The molecule has 0 heterocycles. The molecule has 1 rings (SSSR count). The first kappa shape index (κ1) is 15.6. The lowest BCUT2D eigenvalue weighted by molar-refractivity contribution is 0.0133. The van der Waals surface area contributed by atoms with Gasteiger partial charge in [-0.3, -0.25) is 0 Å². The van der Waals surface area contributed by atoms with Gasteiger partial charge in [0, 0.05) is 11.8 Å². The Bertz CT molecular complexity index is 280. The highest BCUT2D eigenvalue weighted by molar-refractivity contribution is 7.98. The van der Waals surface area contributed by atoms with E-state index < -0.39 is 11.2 Å². The molecule has 0 aliphatic heterocycles. The van der Waals surface area contributed by atoms with Crippen molar-refractivity contribution in [3.63, 3.8) is 0 Å². The molecular formula is C13H25NO3S. The van der Waals surface area contributed by atoms with Crippen LogP contribution in [0.15, 0.2) is 0 Å². The summed E-state index contributed by atoms with van der Waals surface area (Å²) >= 11 is 1.67. The van der Waals surface area contributed by atoms with Gasteiger partial charge >= 0.3 is 6.09 Å². The van der Waals surface area contributed by atoms with Crippen LogP contribution in [-0.2, 0) is 4.74 Å². The first-order valence-electron chi connectivity index (χ1n) is 6.45. The summed E-state index contributed by atoms with van der Waals surface area (Å²) in [5.41, 5.74) is -1.01. The molecule has 1 amide bonds. The fraction of sp³-hybridized carbons (Fsp3) is 0.923. The summed E-state index contributed by atoms with van der Waals surface area (Å²) in [4.78, 5) is 11.6. The van der Waals surface area contributed by atoms with Crippen LogP contribution in [0.4, 0.5) is 4.79 Å². The Balaban J connectivity index is 2.33. The lowest BCUT2D eigenvalue weighted by Crippen LogP contribution is -2.45. The van der Waals surface area contributed by atoms with Crippen molar-refractivity contribution < 1.29 is 14.6 Å². The normalized spacial score (nSPS) is 28.8. The summed E-state index contributed by atoms with van der Waals surface area (Å²) in [6, 6.07) is 0.127. The van der Waals surface area contributed by atoms with Gasteiger partial charge in [-0.15, -0.1) is 0 Å². The van der Waals surface area contributed by atoms with Crippen molar-refractivity contribution in [1.29, 1.82) is 0 Å². The second kappa shape index (κ2) is 6.15. The molecule has 0 unspecified atom stereocenters. The van der Waals surface area contributed by atoms with E-state index in [9.17, 15) is 9.90 Å². The highest BCUT2D eigenvalue weighted by atomic mass is 32.2. The first-order valence-corrected chi connectivity index (χ1v) is 7.84. The van der Waals surface area contributed by atoms with Crippen molar-refractivity contribution in [1.82, 2.24) is 5.32 Å². The van der Waals surface area contributed by atoms with Gasteiger partial charge in [-0.2, -0.15) is 11.8 Å². The molecule has 0 aromatic heterocycles. The maximum absolute atomic E-state index is 11.6. The summed E-state index contributed by atoms with van der Waals surface area (Å²) < 4.78 is 5.22. The summed E-state index contributed by atoms with van der Waals surface area (Å²) in [6.07, 6.45) is 4.76. The van der Waals surface area contributed by atoms with Gasteiger partial charge in [0.15, 0.2) is 0 Å².